The number of rotatable bonds is 5. The molecule has 23 heavy (non-hydrogen) atoms. The number of esters is 1. The molecule has 0 amide bonds. The number of fused-ring (bicyclic) bond motifs is 1. The minimum absolute atomic E-state index is 0.328. The van der Waals surface area contributed by atoms with E-state index in [0.29, 0.717) is 30.2 Å². The maximum Gasteiger partial charge on any atom is 0.341 e. The number of aromatic nitrogens is 4. The molecule has 2 heterocycles. The Kier molecular flexibility index (Phi) is 4.32. The van der Waals surface area contributed by atoms with Gasteiger partial charge in [0.15, 0.2) is 5.82 Å². The number of hydrogen-bond donors (Lipinski definition) is 0. The van der Waals surface area contributed by atoms with Crippen molar-refractivity contribution < 1.29 is 9.53 Å². The standard InChI is InChI=1S/C17H18N4O2/c1-3-8-14-13(16(22)23-4-2)11-18-17-19-15(20-21(14)17)12-9-6-5-7-10-12/h5-7,9-11H,3-4,8H2,1-2H3. The van der Waals surface area contributed by atoms with E-state index in [1.807, 2.05) is 30.3 Å². The Hall–Kier alpha value is -2.76. The van der Waals surface area contributed by atoms with Crippen molar-refractivity contribution in [1.82, 2.24) is 19.6 Å². The molecule has 6 heteroatoms. The van der Waals surface area contributed by atoms with Gasteiger partial charge in [-0.2, -0.15) is 9.50 Å². The summed E-state index contributed by atoms with van der Waals surface area (Å²) in [4.78, 5) is 20.9. The largest absolute Gasteiger partial charge is 0.462 e. The molecule has 3 rings (SSSR count). The summed E-state index contributed by atoms with van der Waals surface area (Å²) >= 11 is 0. The molecule has 1 aromatic carbocycles. The summed E-state index contributed by atoms with van der Waals surface area (Å²) in [7, 11) is 0. The lowest BCUT2D eigenvalue weighted by Gasteiger charge is -2.08. The SMILES string of the molecule is CCCc1c(C(=O)OCC)cnc2nc(-c3ccccc3)nn12. The van der Waals surface area contributed by atoms with Crippen molar-refractivity contribution in [3.05, 3.63) is 47.8 Å². The molecule has 0 unspecified atom stereocenters. The van der Waals surface area contributed by atoms with Gasteiger partial charge in [0.2, 0.25) is 0 Å². The molecular weight excluding hydrogens is 292 g/mol. The molecule has 3 aromatic rings. The smallest absolute Gasteiger partial charge is 0.341 e. The highest BCUT2D eigenvalue weighted by atomic mass is 16.5. The van der Waals surface area contributed by atoms with Crippen molar-refractivity contribution in [2.45, 2.75) is 26.7 Å². The van der Waals surface area contributed by atoms with Crippen LogP contribution in [0.25, 0.3) is 17.2 Å². The first-order valence-corrected chi connectivity index (χ1v) is 7.71. The first kappa shape index (κ1) is 15.1. The summed E-state index contributed by atoms with van der Waals surface area (Å²) in [5.41, 5.74) is 2.15. The molecule has 0 atom stereocenters. The van der Waals surface area contributed by atoms with Crippen molar-refractivity contribution in [2.24, 2.45) is 0 Å². The van der Waals surface area contributed by atoms with Crippen LogP contribution in [0.15, 0.2) is 36.5 Å². The molecule has 0 bridgehead atoms. The van der Waals surface area contributed by atoms with E-state index in [0.717, 1.165) is 17.7 Å². The van der Waals surface area contributed by atoms with Crippen molar-refractivity contribution >= 4 is 11.7 Å². The van der Waals surface area contributed by atoms with Gasteiger partial charge >= 0.3 is 5.97 Å². The molecule has 0 aliphatic rings. The number of ether oxygens (including phenoxy) is 1. The minimum Gasteiger partial charge on any atom is -0.462 e. The highest BCUT2D eigenvalue weighted by molar-refractivity contribution is 5.90. The van der Waals surface area contributed by atoms with E-state index in [2.05, 4.69) is 22.0 Å². The lowest BCUT2D eigenvalue weighted by Crippen LogP contribution is -2.13. The maximum absolute atomic E-state index is 12.1. The summed E-state index contributed by atoms with van der Waals surface area (Å²) in [6, 6.07) is 9.71. The molecule has 0 fully saturated rings. The highest BCUT2D eigenvalue weighted by Gasteiger charge is 2.18. The predicted octanol–water partition coefficient (Wildman–Crippen LogP) is 2.92. The van der Waals surface area contributed by atoms with Crippen molar-refractivity contribution in [3.8, 4) is 11.4 Å². The summed E-state index contributed by atoms with van der Waals surface area (Å²) in [6.07, 6.45) is 3.11. The minimum atomic E-state index is -0.373. The Balaban J connectivity index is 2.14. The number of aryl methyl sites for hydroxylation is 1. The number of hydrogen-bond acceptors (Lipinski definition) is 5. The van der Waals surface area contributed by atoms with Crippen LogP contribution in [0.4, 0.5) is 0 Å². The average Bonchev–Trinajstić information content (AvgIpc) is 3.01. The zero-order valence-electron chi connectivity index (χ0n) is 13.2. The third kappa shape index (κ3) is 2.92. The molecule has 0 saturated heterocycles. The molecule has 0 aliphatic carbocycles. The molecular formula is C17H18N4O2. The van der Waals surface area contributed by atoms with E-state index >= 15 is 0 Å². The fourth-order valence-corrected chi connectivity index (χ4v) is 2.45. The second kappa shape index (κ2) is 6.56. The van der Waals surface area contributed by atoms with E-state index in [9.17, 15) is 4.79 Å². The van der Waals surface area contributed by atoms with E-state index in [1.165, 1.54) is 6.20 Å². The Labute approximate surface area is 134 Å². The van der Waals surface area contributed by atoms with Gasteiger partial charge in [-0.25, -0.2) is 9.78 Å². The monoisotopic (exact) mass is 310 g/mol. The summed E-state index contributed by atoms with van der Waals surface area (Å²) in [6.45, 7) is 4.16. The van der Waals surface area contributed by atoms with Gasteiger partial charge < -0.3 is 4.74 Å². The first-order chi connectivity index (χ1) is 11.2. The third-order valence-electron chi connectivity index (χ3n) is 3.48. The topological polar surface area (TPSA) is 69.4 Å². The van der Waals surface area contributed by atoms with Crippen molar-refractivity contribution in [3.63, 3.8) is 0 Å². The van der Waals surface area contributed by atoms with Crippen LogP contribution < -0.4 is 0 Å². The van der Waals surface area contributed by atoms with Crippen LogP contribution >= 0.6 is 0 Å². The normalized spacial score (nSPS) is 10.9. The van der Waals surface area contributed by atoms with Crippen LogP contribution in [0.5, 0.6) is 0 Å². The number of benzene rings is 1. The van der Waals surface area contributed by atoms with Crippen LogP contribution in [0.2, 0.25) is 0 Å². The van der Waals surface area contributed by atoms with Crippen LogP contribution in [-0.2, 0) is 11.2 Å². The zero-order chi connectivity index (χ0) is 16.2. The maximum atomic E-state index is 12.1. The zero-order valence-corrected chi connectivity index (χ0v) is 13.2. The van der Waals surface area contributed by atoms with Gasteiger partial charge in [-0.15, -0.1) is 5.10 Å². The first-order valence-electron chi connectivity index (χ1n) is 7.71. The molecule has 6 nitrogen and oxygen atoms in total. The average molecular weight is 310 g/mol. The van der Waals surface area contributed by atoms with Gasteiger partial charge in [0.25, 0.3) is 5.78 Å². The number of nitrogens with zero attached hydrogens (tertiary/aromatic N) is 4. The fraction of sp³-hybridized carbons (Fsp3) is 0.294. The van der Waals surface area contributed by atoms with Gasteiger partial charge in [0.05, 0.1) is 17.9 Å². The Morgan fingerprint density at radius 2 is 2.00 bits per heavy atom. The van der Waals surface area contributed by atoms with E-state index in [1.54, 1.807) is 11.4 Å². The Morgan fingerprint density at radius 1 is 1.22 bits per heavy atom. The van der Waals surface area contributed by atoms with Crippen molar-refractivity contribution in [1.29, 1.82) is 0 Å². The van der Waals surface area contributed by atoms with Gasteiger partial charge in [-0.3, -0.25) is 0 Å². The van der Waals surface area contributed by atoms with Gasteiger partial charge in [-0.05, 0) is 13.3 Å². The van der Waals surface area contributed by atoms with Gasteiger partial charge in [0.1, 0.15) is 0 Å². The summed E-state index contributed by atoms with van der Waals surface area (Å²) in [5, 5.41) is 4.54. The van der Waals surface area contributed by atoms with E-state index < -0.39 is 0 Å². The third-order valence-corrected chi connectivity index (χ3v) is 3.48. The van der Waals surface area contributed by atoms with Gasteiger partial charge in [0, 0.05) is 11.8 Å². The van der Waals surface area contributed by atoms with Gasteiger partial charge in [-0.1, -0.05) is 43.7 Å². The lowest BCUT2D eigenvalue weighted by atomic mass is 10.1. The molecule has 0 saturated carbocycles. The second-order valence-corrected chi connectivity index (χ2v) is 5.10. The van der Waals surface area contributed by atoms with Crippen LogP contribution in [-0.4, -0.2) is 32.2 Å². The second-order valence-electron chi connectivity index (χ2n) is 5.10. The molecule has 0 radical (unpaired) electrons. The highest BCUT2D eigenvalue weighted by Crippen LogP contribution is 2.18. The van der Waals surface area contributed by atoms with Crippen molar-refractivity contribution in [2.75, 3.05) is 6.61 Å². The predicted molar refractivity (Wildman–Crippen MR) is 86.2 cm³/mol. The molecule has 0 N–H and O–H groups in total. The van der Waals surface area contributed by atoms with Crippen LogP contribution in [0.3, 0.4) is 0 Å². The summed E-state index contributed by atoms with van der Waals surface area (Å²) in [5.74, 6) is 0.707. The van der Waals surface area contributed by atoms with Crippen LogP contribution in [0, 0.1) is 0 Å². The van der Waals surface area contributed by atoms with Crippen LogP contribution in [0.1, 0.15) is 36.3 Å². The molecule has 118 valence electrons. The number of carbonyl (C=O) groups is 1. The summed E-state index contributed by atoms with van der Waals surface area (Å²) < 4.78 is 6.77. The molecule has 0 spiro atoms. The fourth-order valence-electron chi connectivity index (χ4n) is 2.45. The molecule has 0 aliphatic heterocycles. The quantitative estimate of drug-likeness (QED) is 0.678. The Bertz CT molecular complexity index is 827. The number of carbonyl (C=O) groups excluding carboxylic acids is 1. The van der Waals surface area contributed by atoms with E-state index in [-0.39, 0.29) is 5.97 Å². The lowest BCUT2D eigenvalue weighted by molar-refractivity contribution is 0.0523. The Morgan fingerprint density at radius 3 is 2.70 bits per heavy atom. The van der Waals surface area contributed by atoms with E-state index in [4.69, 9.17) is 4.74 Å². The molecule has 2 aromatic heterocycles.